The molecule has 1 aromatic heterocycles. The van der Waals surface area contributed by atoms with E-state index in [9.17, 15) is 18.0 Å². The fourth-order valence-electron chi connectivity index (χ4n) is 0.826. The lowest BCUT2D eigenvalue weighted by molar-refractivity contribution is -0.145. The van der Waals surface area contributed by atoms with Gasteiger partial charge in [0.25, 0.3) is 5.82 Å². The number of carboxylic acid groups (broad SMARTS) is 1. The Hall–Kier alpha value is -1.60. The van der Waals surface area contributed by atoms with E-state index in [4.69, 9.17) is 5.11 Å². The van der Waals surface area contributed by atoms with Crippen LogP contribution >= 0.6 is 0 Å². The van der Waals surface area contributed by atoms with Crippen molar-refractivity contribution >= 4 is 5.97 Å². The summed E-state index contributed by atoms with van der Waals surface area (Å²) in [5, 5.41) is 11.4. The summed E-state index contributed by atoms with van der Waals surface area (Å²) < 4.78 is 36.9. The first-order valence-corrected chi connectivity index (χ1v) is 3.49. The smallest absolute Gasteiger partial charge is 0.453 e. The van der Waals surface area contributed by atoms with Crippen LogP contribution in [0.25, 0.3) is 0 Å². The molecule has 0 radical (unpaired) electrons. The average molecular weight is 209 g/mol. The Morgan fingerprint density at radius 2 is 2.14 bits per heavy atom. The Bertz CT molecular complexity index is 358. The number of aromatic nitrogens is 3. The summed E-state index contributed by atoms with van der Waals surface area (Å²) in [4.78, 5) is 13.3. The number of carbonyl (C=O) groups is 1. The van der Waals surface area contributed by atoms with Crippen LogP contribution < -0.4 is 0 Å². The number of aryl methyl sites for hydroxylation is 1. The predicted molar refractivity (Wildman–Crippen MR) is 37.3 cm³/mol. The van der Waals surface area contributed by atoms with Crippen molar-refractivity contribution in [3.8, 4) is 0 Å². The third kappa shape index (κ3) is 2.21. The summed E-state index contributed by atoms with van der Waals surface area (Å²) >= 11 is 0. The van der Waals surface area contributed by atoms with Gasteiger partial charge < -0.3 is 5.11 Å². The first kappa shape index (κ1) is 10.5. The number of aliphatic carboxylic acids is 1. The topological polar surface area (TPSA) is 68.0 Å². The van der Waals surface area contributed by atoms with Crippen molar-refractivity contribution in [2.24, 2.45) is 7.05 Å². The highest BCUT2D eigenvalue weighted by Crippen LogP contribution is 2.26. The molecule has 5 nitrogen and oxygen atoms in total. The van der Waals surface area contributed by atoms with Gasteiger partial charge in [0, 0.05) is 7.05 Å². The zero-order valence-electron chi connectivity index (χ0n) is 7.04. The monoisotopic (exact) mass is 209 g/mol. The quantitative estimate of drug-likeness (QED) is 0.768. The summed E-state index contributed by atoms with van der Waals surface area (Å²) in [5.74, 6) is -2.81. The van der Waals surface area contributed by atoms with Gasteiger partial charge in [-0.25, -0.2) is 4.98 Å². The van der Waals surface area contributed by atoms with Gasteiger partial charge in [-0.05, 0) is 0 Å². The molecule has 0 saturated carbocycles. The Kier molecular flexibility index (Phi) is 2.45. The van der Waals surface area contributed by atoms with E-state index in [-0.39, 0.29) is 5.82 Å². The van der Waals surface area contributed by atoms with Gasteiger partial charge in [-0.15, -0.1) is 5.10 Å². The number of nitrogens with zero attached hydrogens (tertiary/aromatic N) is 3. The second kappa shape index (κ2) is 3.28. The van der Waals surface area contributed by atoms with Crippen LogP contribution in [0.1, 0.15) is 11.6 Å². The maximum absolute atomic E-state index is 12.0. The first-order valence-electron chi connectivity index (χ1n) is 3.49. The molecule has 0 bridgehead atoms. The van der Waals surface area contributed by atoms with Crippen molar-refractivity contribution in [1.29, 1.82) is 0 Å². The molecule has 0 saturated heterocycles. The van der Waals surface area contributed by atoms with Crippen molar-refractivity contribution in [2.45, 2.75) is 12.6 Å². The van der Waals surface area contributed by atoms with Gasteiger partial charge in [0.15, 0.2) is 0 Å². The molecule has 0 spiro atoms. The lowest BCUT2D eigenvalue weighted by atomic mass is 10.4. The molecular formula is C6H6F3N3O2. The maximum atomic E-state index is 12.0. The summed E-state index contributed by atoms with van der Waals surface area (Å²) in [6.45, 7) is 0. The molecule has 0 fully saturated rings. The molecule has 0 atom stereocenters. The molecule has 0 aliphatic carbocycles. The van der Waals surface area contributed by atoms with Crippen LogP contribution in [0.15, 0.2) is 0 Å². The van der Waals surface area contributed by atoms with E-state index in [0.717, 1.165) is 4.68 Å². The van der Waals surface area contributed by atoms with Crippen molar-refractivity contribution in [3.63, 3.8) is 0 Å². The predicted octanol–water partition coefficient (Wildman–Crippen LogP) is 0.461. The average Bonchev–Trinajstić information content (AvgIpc) is 2.30. The summed E-state index contributed by atoms with van der Waals surface area (Å²) in [7, 11) is 1.21. The van der Waals surface area contributed by atoms with E-state index >= 15 is 0 Å². The maximum Gasteiger partial charge on any atom is 0.453 e. The van der Waals surface area contributed by atoms with Crippen molar-refractivity contribution in [1.82, 2.24) is 14.8 Å². The van der Waals surface area contributed by atoms with Crippen LogP contribution in [0.2, 0.25) is 0 Å². The van der Waals surface area contributed by atoms with Crippen LogP contribution in [0.5, 0.6) is 0 Å². The van der Waals surface area contributed by atoms with Gasteiger partial charge in [0.1, 0.15) is 12.2 Å². The lowest BCUT2D eigenvalue weighted by Crippen LogP contribution is -2.08. The van der Waals surface area contributed by atoms with E-state index in [1.165, 1.54) is 7.05 Å². The van der Waals surface area contributed by atoms with E-state index in [1.54, 1.807) is 0 Å². The molecule has 0 amide bonds. The van der Waals surface area contributed by atoms with Gasteiger partial charge in [-0.2, -0.15) is 13.2 Å². The molecule has 0 aromatic carbocycles. The summed E-state index contributed by atoms with van der Waals surface area (Å²) in [5.41, 5.74) is 0. The fraction of sp³-hybridized carbons (Fsp3) is 0.500. The molecule has 78 valence electrons. The van der Waals surface area contributed by atoms with Crippen LogP contribution in [-0.2, 0) is 24.4 Å². The standard InChI is InChI=1S/C6H6F3N3O2/c1-12-3(2-4(13)14)10-5(11-12)6(7,8)9/h2H2,1H3,(H,13,14). The van der Waals surface area contributed by atoms with Crippen molar-refractivity contribution < 1.29 is 23.1 Å². The van der Waals surface area contributed by atoms with Crippen molar-refractivity contribution in [3.05, 3.63) is 11.6 Å². The molecule has 0 aliphatic heterocycles. The van der Waals surface area contributed by atoms with Crippen LogP contribution in [-0.4, -0.2) is 25.8 Å². The van der Waals surface area contributed by atoms with Crippen molar-refractivity contribution in [2.75, 3.05) is 0 Å². The lowest BCUT2D eigenvalue weighted by Gasteiger charge is -1.97. The minimum absolute atomic E-state index is 0.232. The largest absolute Gasteiger partial charge is 0.481 e. The van der Waals surface area contributed by atoms with Crippen LogP contribution in [0, 0.1) is 0 Å². The Balaban J connectivity index is 2.99. The fourth-order valence-corrected chi connectivity index (χ4v) is 0.826. The molecule has 1 heterocycles. The van der Waals surface area contributed by atoms with Gasteiger partial charge in [-0.3, -0.25) is 9.48 Å². The second-order valence-electron chi connectivity index (χ2n) is 2.54. The molecule has 8 heteroatoms. The highest BCUT2D eigenvalue weighted by Gasteiger charge is 2.36. The molecule has 0 aliphatic rings. The molecule has 1 N–H and O–H groups in total. The minimum Gasteiger partial charge on any atom is -0.481 e. The first-order chi connectivity index (χ1) is 6.30. The third-order valence-electron chi connectivity index (χ3n) is 1.42. The van der Waals surface area contributed by atoms with E-state index in [2.05, 4.69) is 10.1 Å². The normalized spacial score (nSPS) is 11.7. The van der Waals surface area contributed by atoms with Gasteiger partial charge >= 0.3 is 12.1 Å². The van der Waals surface area contributed by atoms with Gasteiger partial charge in [0.05, 0.1) is 0 Å². The number of rotatable bonds is 2. The zero-order chi connectivity index (χ0) is 10.9. The van der Waals surface area contributed by atoms with Gasteiger partial charge in [-0.1, -0.05) is 0 Å². The highest BCUT2D eigenvalue weighted by molar-refractivity contribution is 5.68. The van der Waals surface area contributed by atoms with E-state index < -0.39 is 24.4 Å². The van der Waals surface area contributed by atoms with E-state index in [0.29, 0.717) is 0 Å². The Morgan fingerprint density at radius 3 is 2.50 bits per heavy atom. The molecule has 1 aromatic rings. The Labute approximate surface area is 76.2 Å². The zero-order valence-corrected chi connectivity index (χ0v) is 7.04. The molecule has 14 heavy (non-hydrogen) atoms. The second-order valence-corrected chi connectivity index (χ2v) is 2.54. The third-order valence-corrected chi connectivity index (χ3v) is 1.42. The summed E-state index contributed by atoms with van der Waals surface area (Å²) in [6, 6.07) is 0. The van der Waals surface area contributed by atoms with Crippen LogP contribution in [0.3, 0.4) is 0 Å². The SMILES string of the molecule is Cn1nc(C(F)(F)F)nc1CC(=O)O. The van der Waals surface area contributed by atoms with E-state index in [1.807, 2.05) is 0 Å². The van der Waals surface area contributed by atoms with Gasteiger partial charge in [0.2, 0.25) is 0 Å². The molecule has 1 rings (SSSR count). The summed E-state index contributed by atoms with van der Waals surface area (Å²) in [6.07, 6.45) is -5.23. The van der Waals surface area contributed by atoms with Crippen LogP contribution in [0.4, 0.5) is 13.2 Å². The number of halogens is 3. The molecule has 0 unspecified atom stereocenters. The number of carboxylic acids is 1. The number of alkyl halides is 3. The highest BCUT2D eigenvalue weighted by atomic mass is 19.4. The Morgan fingerprint density at radius 1 is 1.57 bits per heavy atom. The minimum atomic E-state index is -4.64. The number of hydrogen-bond acceptors (Lipinski definition) is 3. The molecular weight excluding hydrogens is 203 g/mol. The number of hydrogen-bond donors (Lipinski definition) is 1.